The Labute approximate surface area is 111 Å². The van der Waals surface area contributed by atoms with Crippen molar-refractivity contribution >= 4 is 12.0 Å². The summed E-state index contributed by atoms with van der Waals surface area (Å²) in [6.07, 6.45) is 2.97. The Kier molecular flexibility index (Phi) is 3.85. The fourth-order valence-electron chi connectivity index (χ4n) is 1.77. The number of hydrogen-bond donors (Lipinski definition) is 0. The molecule has 100 valence electrons. The lowest BCUT2D eigenvalue weighted by molar-refractivity contribution is 0.0777. The highest BCUT2D eigenvalue weighted by molar-refractivity contribution is 5.98. The van der Waals surface area contributed by atoms with Crippen molar-refractivity contribution in [3.05, 3.63) is 47.2 Å². The van der Waals surface area contributed by atoms with Gasteiger partial charge in [0.1, 0.15) is 12.0 Å². The number of Topliss-reactive ketones (excluding diaryl/α,β-unsaturated/α-hetero) is 1. The Morgan fingerprint density at radius 2 is 2.32 bits per heavy atom. The van der Waals surface area contributed by atoms with Gasteiger partial charge in [0.25, 0.3) is 0 Å². The van der Waals surface area contributed by atoms with Crippen LogP contribution in [-0.2, 0) is 11.9 Å². The summed E-state index contributed by atoms with van der Waals surface area (Å²) in [4.78, 5) is 16.9. The van der Waals surface area contributed by atoms with Crippen molar-refractivity contribution in [1.29, 1.82) is 0 Å². The number of rotatable bonds is 5. The van der Waals surface area contributed by atoms with Gasteiger partial charge >= 0.3 is 0 Å². The van der Waals surface area contributed by atoms with Crippen molar-refractivity contribution in [2.45, 2.75) is 13.8 Å². The van der Waals surface area contributed by atoms with Gasteiger partial charge < -0.3 is 13.8 Å². The van der Waals surface area contributed by atoms with Gasteiger partial charge in [-0.15, -0.1) is 0 Å². The van der Waals surface area contributed by atoms with E-state index < -0.39 is 0 Å². The Morgan fingerprint density at radius 3 is 2.89 bits per heavy atom. The number of hydrogen-bond acceptors (Lipinski definition) is 4. The fraction of sp³-hybridized carbons (Fsp3) is 0.286. The molecule has 0 spiro atoms. The van der Waals surface area contributed by atoms with Gasteiger partial charge in [-0.2, -0.15) is 0 Å². The zero-order valence-electron chi connectivity index (χ0n) is 11.2. The molecule has 0 saturated heterocycles. The second-order valence-electron chi connectivity index (χ2n) is 4.29. The maximum atomic E-state index is 12.0. The van der Waals surface area contributed by atoms with Gasteiger partial charge in [-0.3, -0.25) is 4.79 Å². The average Bonchev–Trinajstić information content (AvgIpc) is 2.99. The van der Waals surface area contributed by atoms with Gasteiger partial charge in [0, 0.05) is 24.0 Å². The molecule has 0 saturated carbocycles. The molecule has 0 N–H and O–H groups in total. The SMILES string of the molecule is Cc1cc(C(=O)CON=Cc2ccco2)c(C)n1C. The molecule has 0 unspecified atom stereocenters. The van der Waals surface area contributed by atoms with Gasteiger partial charge in [0.2, 0.25) is 5.78 Å². The smallest absolute Gasteiger partial charge is 0.204 e. The highest BCUT2D eigenvalue weighted by Crippen LogP contribution is 2.13. The third-order valence-electron chi connectivity index (χ3n) is 3.07. The molecule has 2 heterocycles. The summed E-state index contributed by atoms with van der Waals surface area (Å²) in [5, 5.41) is 3.69. The lowest BCUT2D eigenvalue weighted by Gasteiger charge is -2.01. The van der Waals surface area contributed by atoms with E-state index in [0.29, 0.717) is 11.3 Å². The van der Waals surface area contributed by atoms with E-state index >= 15 is 0 Å². The topological polar surface area (TPSA) is 56.7 Å². The average molecular weight is 260 g/mol. The van der Waals surface area contributed by atoms with Crippen LogP contribution in [0.15, 0.2) is 34.0 Å². The molecule has 5 heteroatoms. The molecule has 0 atom stereocenters. The van der Waals surface area contributed by atoms with E-state index in [9.17, 15) is 4.79 Å². The van der Waals surface area contributed by atoms with Crippen molar-refractivity contribution in [2.24, 2.45) is 12.2 Å². The van der Waals surface area contributed by atoms with Crippen molar-refractivity contribution in [3.63, 3.8) is 0 Å². The summed E-state index contributed by atoms with van der Waals surface area (Å²) < 4.78 is 7.02. The number of nitrogens with zero attached hydrogens (tertiary/aromatic N) is 2. The number of carbonyl (C=O) groups excluding carboxylic acids is 1. The molecule has 2 rings (SSSR count). The molecule has 19 heavy (non-hydrogen) atoms. The third kappa shape index (κ3) is 2.93. The summed E-state index contributed by atoms with van der Waals surface area (Å²) in [6, 6.07) is 5.36. The van der Waals surface area contributed by atoms with Crippen LogP contribution in [0.2, 0.25) is 0 Å². The van der Waals surface area contributed by atoms with Crippen molar-refractivity contribution in [1.82, 2.24) is 4.57 Å². The molecule has 0 aliphatic carbocycles. The van der Waals surface area contributed by atoms with Gasteiger partial charge in [-0.25, -0.2) is 0 Å². The number of carbonyl (C=O) groups is 1. The van der Waals surface area contributed by atoms with Gasteiger partial charge in [0.05, 0.1) is 6.26 Å². The lowest BCUT2D eigenvalue weighted by Crippen LogP contribution is -2.08. The molecule has 2 aromatic heterocycles. The number of aryl methyl sites for hydroxylation is 1. The molecule has 0 bridgehead atoms. The van der Waals surface area contributed by atoms with E-state index in [1.54, 1.807) is 18.4 Å². The van der Waals surface area contributed by atoms with Crippen LogP contribution in [0, 0.1) is 13.8 Å². The third-order valence-corrected chi connectivity index (χ3v) is 3.07. The molecule has 0 fully saturated rings. The quantitative estimate of drug-likeness (QED) is 0.471. The highest BCUT2D eigenvalue weighted by atomic mass is 16.6. The molecule has 5 nitrogen and oxygen atoms in total. The first-order valence-corrected chi connectivity index (χ1v) is 5.94. The van der Waals surface area contributed by atoms with Crippen LogP contribution in [0.1, 0.15) is 27.5 Å². The minimum absolute atomic E-state index is 0.0818. The van der Waals surface area contributed by atoms with Crippen LogP contribution in [0.5, 0.6) is 0 Å². The molecule has 0 radical (unpaired) electrons. The standard InChI is InChI=1S/C14H16N2O3/c1-10-7-13(11(2)16(10)3)14(17)9-19-15-8-12-5-4-6-18-12/h4-8H,9H2,1-3H3. The van der Waals surface area contributed by atoms with E-state index in [0.717, 1.165) is 11.4 Å². The minimum Gasteiger partial charge on any atom is -0.463 e. The second-order valence-corrected chi connectivity index (χ2v) is 4.29. The zero-order valence-corrected chi connectivity index (χ0v) is 11.2. The van der Waals surface area contributed by atoms with Gasteiger partial charge in [0.15, 0.2) is 6.61 Å². The number of ketones is 1. The molecule has 0 aromatic carbocycles. The van der Waals surface area contributed by atoms with Crippen LogP contribution < -0.4 is 0 Å². The Bertz CT molecular complexity index is 594. The van der Waals surface area contributed by atoms with E-state index in [2.05, 4.69) is 5.16 Å². The lowest BCUT2D eigenvalue weighted by atomic mass is 10.2. The number of furan rings is 1. The van der Waals surface area contributed by atoms with E-state index in [4.69, 9.17) is 9.25 Å². The van der Waals surface area contributed by atoms with Crippen LogP contribution in [0.25, 0.3) is 0 Å². The van der Waals surface area contributed by atoms with Crippen molar-refractivity contribution in [3.8, 4) is 0 Å². The van der Waals surface area contributed by atoms with Crippen molar-refractivity contribution < 1.29 is 14.0 Å². The van der Waals surface area contributed by atoms with Crippen LogP contribution in [-0.4, -0.2) is 23.2 Å². The predicted octanol–water partition coefficient (Wildman–Crippen LogP) is 2.47. The van der Waals surface area contributed by atoms with E-state index in [1.165, 1.54) is 6.21 Å². The molecule has 0 aliphatic heterocycles. The Morgan fingerprint density at radius 1 is 1.53 bits per heavy atom. The molecular weight excluding hydrogens is 244 g/mol. The van der Waals surface area contributed by atoms with Crippen LogP contribution >= 0.6 is 0 Å². The Hall–Kier alpha value is -2.30. The van der Waals surface area contributed by atoms with E-state index in [1.807, 2.05) is 31.5 Å². The summed E-state index contributed by atoms with van der Waals surface area (Å²) >= 11 is 0. The van der Waals surface area contributed by atoms with Crippen molar-refractivity contribution in [2.75, 3.05) is 6.61 Å². The minimum atomic E-state index is -0.0854. The zero-order chi connectivity index (χ0) is 13.8. The first-order chi connectivity index (χ1) is 9.09. The normalized spacial score (nSPS) is 11.1. The first-order valence-electron chi connectivity index (χ1n) is 5.94. The first kappa shape index (κ1) is 13.1. The van der Waals surface area contributed by atoms with E-state index in [-0.39, 0.29) is 12.4 Å². The summed E-state index contributed by atoms with van der Waals surface area (Å²) in [5.41, 5.74) is 2.65. The van der Waals surface area contributed by atoms with Crippen LogP contribution in [0.4, 0.5) is 0 Å². The number of aromatic nitrogens is 1. The monoisotopic (exact) mass is 260 g/mol. The molecule has 2 aromatic rings. The number of oxime groups is 1. The molecule has 0 aliphatic rings. The van der Waals surface area contributed by atoms with Crippen LogP contribution in [0.3, 0.4) is 0 Å². The van der Waals surface area contributed by atoms with Gasteiger partial charge in [-0.1, -0.05) is 5.16 Å². The predicted molar refractivity (Wildman–Crippen MR) is 71.5 cm³/mol. The second kappa shape index (κ2) is 5.56. The Balaban J connectivity index is 1.93. The summed E-state index contributed by atoms with van der Waals surface area (Å²) in [5.74, 6) is 0.497. The maximum Gasteiger partial charge on any atom is 0.204 e. The highest BCUT2D eigenvalue weighted by Gasteiger charge is 2.14. The fourth-order valence-corrected chi connectivity index (χ4v) is 1.77. The maximum absolute atomic E-state index is 12.0. The van der Waals surface area contributed by atoms with Gasteiger partial charge in [-0.05, 0) is 32.0 Å². The summed E-state index contributed by atoms with van der Waals surface area (Å²) in [7, 11) is 1.93. The summed E-state index contributed by atoms with van der Waals surface area (Å²) in [6.45, 7) is 3.79. The molecular formula is C14H16N2O3. The largest absolute Gasteiger partial charge is 0.463 e. The molecule has 0 amide bonds.